The summed E-state index contributed by atoms with van der Waals surface area (Å²) >= 11 is 0. The second-order valence-electron chi connectivity index (χ2n) is 9.75. The summed E-state index contributed by atoms with van der Waals surface area (Å²) in [5, 5.41) is 10.5. The van der Waals surface area contributed by atoms with E-state index >= 15 is 0 Å². The molecule has 0 amide bonds. The Morgan fingerprint density at radius 1 is 1.12 bits per heavy atom. The van der Waals surface area contributed by atoms with E-state index in [0.717, 1.165) is 37.4 Å². The van der Waals surface area contributed by atoms with Gasteiger partial charge >= 0.3 is 0 Å². The molecule has 3 rings (SSSR count). The van der Waals surface area contributed by atoms with Crippen LogP contribution in [0.2, 0.25) is 0 Å². The van der Waals surface area contributed by atoms with E-state index in [2.05, 4.69) is 39.5 Å². The quantitative estimate of drug-likeness (QED) is 0.805. The van der Waals surface area contributed by atoms with Gasteiger partial charge in [0.25, 0.3) is 0 Å². The van der Waals surface area contributed by atoms with E-state index < -0.39 is 0 Å². The van der Waals surface area contributed by atoms with Crippen LogP contribution in [0.5, 0.6) is 0 Å². The molecule has 6 atom stereocenters. The molecule has 1 saturated heterocycles. The highest BCUT2D eigenvalue weighted by Gasteiger charge is 2.61. The zero-order valence-corrected chi connectivity index (χ0v) is 17.1. The molecule has 3 fully saturated rings. The number of nitrogens with zero attached hydrogens (tertiary/aromatic N) is 1. The van der Waals surface area contributed by atoms with Crippen molar-refractivity contribution in [3.8, 4) is 0 Å². The van der Waals surface area contributed by atoms with Crippen molar-refractivity contribution in [1.29, 1.82) is 0 Å². The number of β-amino-alcohol motifs (C(OH)–C–C–N with tert-alkyl or cyclic N) is 1. The van der Waals surface area contributed by atoms with E-state index in [1.807, 2.05) is 0 Å². The topological polar surface area (TPSA) is 32.7 Å². The van der Waals surface area contributed by atoms with Crippen LogP contribution in [-0.2, 0) is 4.74 Å². The van der Waals surface area contributed by atoms with Crippen LogP contribution in [0.1, 0.15) is 60.3 Å². The van der Waals surface area contributed by atoms with Gasteiger partial charge in [0.1, 0.15) is 0 Å². The molecule has 0 spiro atoms. The molecule has 24 heavy (non-hydrogen) atoms. The lowest BCUT2D eigenvalue weighted by Crippen LogP contribution is -2.44. The van der Waals surface area contributed by atoms with E-state index in [1.54, 1.807) is 0 Å². The van der Waals surface area contributed by atoms with Crippen molar-refractivity contribution in [2.24, 2.45) is 28.6 Å². The van der Waals surface area contributed by atoms with Crippen LogP contribution >= 0.6 is 12.4 Å². The molecule has 3 aliphatic rings. The predicted octanol–water partition coefficient (Wildman–Crippen LogP) is 3.98. The Morgan fingerprint density at radius 2 is 1.75 bits per heavy atom. The molecule has 1 aliphatic heterocycles. The van der Waals surface area contributed by atoms with E-state index in [9.17, 15) is 5.11 Å². The highest BCUT2D eigenvalue weighted by molar-refractivity contribution is 5.85. The first kappa shape index (κ1) is 20.5. The third-order valence-electron chi connectivity index (χ3n) is 7.62. The van der Waals surface area contributed by atoms with Crippen molar-refractivity contribution >= 4 is 12.4 Å². The summed E-state index contributed by atoms with van der Waals surface area (Å²) < 4.78 is 6.26. The molecule has 1 heterocycles. The van der Waals surface area contributed by atoms with E-state index in [0.29, 0.717) is 23.5 Å². The van der Waals surface area contributed by atoms with Gasteiger partial charge in [-0.05, 0) is 54.3 Å². The molecule has 0 aromatic carbocycles. The van der Waals surface area contributed by atoms with Gasteiger partial charge in [0, 0.05) is 19.6 Å². The third-order valence-corrected chi connectivity index (χ3v) is 7.62. The number of aliphatic hydroxyl groups excluding tert-OH is 1. The van der Waals surface area contributed by atoms with Gasteiger partial charge in [-0.3, -0.25) is 0 Å². The molecule has 2 saturated carbocycles. The fourth-order valence-corrected chi connectivity index (χ4v) is 5.90. The smallest absolute Gasteiger partial charge is 0.0900 e. The summed E-state index contributed by atoms with van der Waals surface area (Å²) in [5.74, 6) is 2.30. The van der Waals surface area contributed by atoms with Crippen molar-refractivity contribution in [1.82, 2.24) is 4.90 Å². The molecular formula is C20H38ClNO2. The Kier molecular flexibility index (Phi) is 6.33. The Labute approximate surface area is 154 Å². The van der Waals surface area contributed by atoms with Gasteiger partial charge in [-0.15, -0.1) is 12.4 Å². The monoisotopic (exact) mass is 359 g/mol. The lowest BCUT2D eigenvalue weighted by molar-refractivity contribution is -0.0813. The van der Waals surface area contributed by atoms with Gasteiger partial charge in [-0.2, -0.15) is 0 Å². The molecule has 2 aliphatic carbocycles. The first-order chi connectivity index (χ1) is 10.7. The van der Waals surface area contributed by atoms with Crippen LogP contribution in [0, 0.1) is 28.6 Å². The highest BCUT2D eigenvalue weighted by Crippen LogP contribution is 2.66. The SMILES string of the molecule is CC1CC(C)CN(CC(O)COC2CC3CCC2(C)C3(C)C)C1.Cl. The number of hydrogen-bond acceptors (Lipinski definition) is 3. The first-order valence-electron chi connectivity index (χ1n) is 9.74. The predicted molar refractivity (Wildman–Crippen MR) is 102 cm³/mol. The third kappa shape index (κ3) is 3.65. The first-order valence-corrected chi connectivity index (χ1v) is 9.74. The summed E-state index contributed by atoms with van der Waals surface area (Å²) in [6.45, 7) is 15.4. The van der Waals surface area contributed by atoms with Crippen LogP contribution < -0.4 is 0 Å². The van der Waals surface area contributed by atoms with Crippen molar-refractivity contribution in [3.05, 3.63) is 0 Å². The van der Waals surface area contributed by atoms with Crippen LogP contribution in [0.25, 0.3) is 0 Å². The maximum Gasteiger partial charge on any atom is 0.0900 e. The Morgan fingerprint density at radius 3 is 2.25 bits per heavy atom. The Hall–Kier alpha value is 0.170. The second kappa shape index (κ2) is 7.42. The van der Waals surface area contributed by atoms with Gasteiger partial charge in [0.15, 0.2) is 0 Å². The largest absolute Gasteiger partial charge is 0.389 e. The summed E-state index contributed by atoms with van der Waals surface area (Å²) in [4.78, 5) is 2.43. The number of likely N-dealkylation sites (tertiary alicyclic amines) is 1. The summed E-state index contributed by atoms with van der Waals surface area (Å²) in [7, 11) is 0. The standard InChI is InChI=1S/C20H37NO2.ClH/c1-14-8-15(2)11-21(10-14)12-17(22)13-23-18-9-16-6-7-20(18,5)19(16,3)4;/h14-18,22H,6-13H2,1-5H3;1H. The van der Waals surface area contributed by atoms with Gasteiger partial charge in [-0.25, -0.2) is 0 Å². The normalized spacial score (nSPS) is 42.8. The fraction of sp³-hybridized carbons (Fsp3) is 1.00. The van der Waals surface area contributed by atoms with E-state index in [4.69, 9.17) is 4.74 Å². The molecule has 0 radical (unpaired) electrons. The number of fused-ring (bicyclic) bond motifs is 2. The minimum Gasteiger partial charge on any atom is -0.389 e. The summed E-state index contributed by atoms with van der Waals surface area (Å²) in [6, 6.07) is 0. The average molecular weight is 360 g/mol. The number of halogens is 1. The second-order valence-corrected chi connectivity index (χ2v) is 9.75. The molecule has 2 bridgehead atoms. The lowest BCUT2D eigenvalue weighted by atomic mass is 9.70. The van der Waals surface area contributed by atoms with Crippen molar-refractivity contribution in [2.45, 2.75) is 72.5 Å². The Bertz CT molecular complexity index is 420. The number of ether oxygens (including phenoxy) is 1. The molecule has 3 nitrogen and oxygen atoms in total. The van der Waals surface area contributed by atoms with Crippen LogP contribution in [0.3, 0.4) is 0 Å². The Balaban J connectivity index is 0.00000208. The number of aliphatic hydroxyl groups is 1. The van der Waals surface area contributed by atoms with E-state index in [1.165, 1.54) is 25.7 Å². The molecule has 0 aromatic heterocycles. The van der Waals surface area contributed by atoms with Crippen LogP contribution in [0.4, 0.5) is 0 Å². The van der Waals surface area contributed by atoms with Crippen molar-refractivity contribution in [2.75, 3.05) is 26.2 Å². The molecular weight excluding hydrogens is 322 g/mol. The maximum absolute atomic E-state index is 10.5. The summed E-state index contributed by atoms with van der Waals surface area (Å²) in [6.07, 6.45) is 5.14. The van der Waals surface area contributed by atoms with Gasteiger partial charge in [0.05, 0.1) is 18.8 Å². The highest BCUT2D eigenvalue weighted by atomic mass is 35.5. The minimum atomic E-state index is -0.349. The molecule has 1 N–H and O–H groups in total. The van der Waals surface area contributed by atoms with Gasteiger partial charge in [0.2, 0.25) is 0 Å². The van der Waals surface area contributed by atoms with Crippen LogP contribution in [-0.4, -0.2) is 48.5 Å². The zero-order chi connectivity index (χ0) is 16.8. The van der Waals surface area contributed by atoms with E-state index in [-0.39, 0.29) is 18.5 Å². The average Bonchev–Trinajstić information content (AvgIpc) is 2.76. The number of piperidine rings is 1. The van der Waals surface area contributed by atoms with Crippen molar-refractivity contribution in [3.63, 3.8) is 0 Å². The molecule has 6 unspecified atom stereocenters. The molecule has 4 heteroatoms. The van der Waals surface area contributed by atoms with Gasteiger partial charge < -0.3 is 14.7 Å². The number of hydrogen-bond donors (Lipinski definition) is 1. The van der Waals surface area contributed by atoms with Crippen LogP contribution in [0.15, 0.2) is 0 Å². The van der Waals surface area contributed by atoms with Crippen molar-refractivity contribution < 1.29 is 9.84 Å². The fourth-order valence-electron chi connectivity index (χ4n) is 5.90. The maximum atomic E-state index is 10.5. The lowest BCUT2D eigenvalue weighted by Gasteiger charge is -2.39. The zero-order valence-electron chi connectivity index (χ0n) is 16.3. The molecule has 142 valence electrons. The minimum absolute atomic E-state index is 0. The van der Waals surface area contributed by atoms with Gasteiger partial charge in [-0.1, -0.05) is 34.6 Å². The summed E-state index contributed by atoms with van der Waals surface area (Å²) in [5.41, 5.74) is 0.686. The molecule has 0 aromatic rings. The number of rotatable bonds is 5.